The van der Waals surface area contributed by atoms with Crippen molar-refractivity contribution in [3.63, 3.8) is 0 Å². The first-order valence-electron chi connectivity index (χ1n) is 5.78. The first-order valence-corrected chi connectivity index (χ1v) is 5.78. The fourth-order valence-corrected chi connectivity index (χ4v) is 2.64. The maximum absolute atomic E-state index is 5.85. The van der Waals surface area contributed by atoms with Gasteiger partial charge in [-0.25, -0.2) is 0 Å². The van der Waals surface area contributed by atoms with Crippen LogP contribution in [-0.4, -0.2) is 50.8 Å². The monoisotopic (exact) mass is 198 g/mol. The lowest BCUT2D eigenvalue weighted by atomic mass is 9.77. The van der Waals surface area contributed by atoms with E-state index in [2.05, 4.69) is 24.3 Å². The number of rotatable bonds is 3. The fraction of sp³-hybridized carbons (Fsp3) is 1.00. The minimum Gasteiger partial charge on any atom is -0.374 e. The molecule has 2 atom stereocenters. The molecule has 0 bridgehead atoms. The van der Waals surface area contributed by atoms with E-state index in [1.807, 2.05) is 0 Å². The van der Waals surface area contributed by atoms with Gasteiger partial charge in [-0.3, -0.25) is 0 Å². The maximum atomic E-state index is 5.85. The molecule has 14 heavy (non-hydrogen) atoms. The summed E-state index contributed by atoms with van der Waals surface area (Å²) in [6.07, 6.45) is 4.60. The Hall–Kier alpha value is -0.120. The van der Waals surface area contributed by atoms with Crippen LogP contribution in [0.4, 0.5) is 0 Å². The van der Waals surface area contributed by atoms with Crippen molar-refractivity contribution in [2.24, 2.45) is 5.92 Å². The predicted molar refractivity (Wildman–Crippen MR) is 57.4 cm³/mol. The SMILES string of the molecule is CN(C)C(C1CCC1)C1CNCCO1. The quantitative estimate of drug-likeness (QED) is 0.722. The molecule has 2 rings (SSSR count). The summed E-state index contributed by atoms with van der Waals surface area (Å²) in [6.45, 7) is 2.92. The summed E-state index contributed by atoms with van der Waals surface area (Å²) in [6, 6.07) is 0.622. The van der Waals surface area contributed by atoms with Gasteiger partial charge in [0.25, 0.3) is 0 Å². The van der Waals surface area contributed by atoms with Crippen molar-refractivity contribution in [2.75, 3.05) is 33.8 Å². The Bertz CT molecular complexity index is 174. The van der Waals surface area contributed by atoms with Gasteiger partial charge in [0, 0.05) is 19.1 Å². The van der Waals surface area contributed by atoms with Crippen LogP contribution in [0.3, 0.4) is 0 Å². The average Bonchev–Trinajstić information content (AvgIpc) is 2.12. The van der Waals surface area contributed by atoms with Gasteiger partial charge in [0.05, 0.1) is 12.7 Å². The van der Waals surface area contributed by atoms with Crippen molar-refractivity contribution < 1.29 is 4.74 Å². The van der Waals surface area contributed by atoms with Crippen LogP contribution in [0.1, 0.15) is 19.3 Å². The first kappa shape index (κ1) is 10.4. The van der Waals surface area contributed by atoms with Gasteiger partial charge in [0.2, 0.25) is 0 Å². The number of hydrogen-bond acceptors (Lipinski definition) is 3. The van der Waals surface area contributed by atoms with E-state index in [9.17, 15) is 0 Å². The second kappa shape index (κ2) is 4.60. The molecule has 1 aliphatic heterocycles. The van der Waals surface area contributed by atoms with Gasteiger partial charge in [0.1, 0.15) is 0 Å². The largest absolute Gasteiger partial charge is 0.374 e. The van der Waals surface area contributed by atoms with Crippen LogP contribution in [0.15, 0.2) is 0 Å². The molecule has 1 heterocycles. The summed E-state index contributed by atoms with van der Waals surface area (Å²) in [5, 5.41) is 3.42. The van der Waals surface area contributed by atoms with E-state index in [0.717, 1.165) is 25.6 Å². The molecule has 2 unspecified atom stereocenters. The van der Waals surface area contributed by atoms with Crippen molar-refractivity contribution in [1.29, 1.82) is 0 Å². The summed E-state index contributed by atoms with van der Waals surface area (Å²) in [5.74, 6) is 0.870. The zero-order valence-corrected chi connectivity index (χ0v) is 9.33. The molecule has 3 nitrogen and oxygen atoms in total. The molecule has 1 N–H and O–H groups in total. The third kappa shape index (κ3) is 2.10. The molecule has 2 fully saturated rings. The molecule has 1 saturated carbocycles. The third-order valence-corrected chi connectivity index (χ3v) is 3.57. The molecule has 0 aromatic carbocycles. The number of likely N-dealkylation sites (N-methyl/N-ethyl adjacent to an activating group) is 1. The van der Waals surface area contributed by atoms with E-state index in [1.165, 1.54) is 19.3 Å². The number of morpholine rings is 1. The molecule has 0 radical (unpaired) electrons. The van der Waals surface area contributed by atoms with Crippen molar-refractivity contribution in [3.05, 3.63) is 0 Å². The average molecular weight is 198 g/mol. The van der Waals surface area contributed by atoms with Gasteiger partial charge in [-0.1, -0.05) is 6.42 Å². The second-order valence-corrected chi connectivity index (χ2v) is 4.76. The summed E-state index contributed by atoms with van der Waals surface area (Å²) in [5.41, 5.74) is 0. The molecular weight excluding hydrogens is 176 g/mol. The highest BCUT2D eigenvalue weighted by molar-refractivity contribution is 4.90. The second-order valence-electron chi connectivity index (χ2n) is 4.76. The van der Waals surface area contributed by atoms with E-state index in [4.69, 9.17) is 4.74 Å². The Morgan fingerprint density at radius 3 is 2.57 bits per heavy atom. The molecule has 2 aliphatic rings. The van der Waals surface area contributed by atoms with Crippen LogP contribution in [0, 0.1) is 5.92 Å². The lowest BCUT2D eigenvalue weighted by molar-refractivity contribution is -0.0505. The van der Waals surface area contributed by atoms with Crippen molar-refractivity contribution in [2.45, 2.75) is 31.4 Å². The molecule has 0 amide bonds. The topological polar surface area (TPSA) is 24.5 Å². The fourth-order valence-electron chi connectivity index (χ4n) is 2.64. The van der Waals surface area contributed by atoms with Gasteiger partial charge >= 0.3 is 0 Å². The third-order valence-electron chi connectivity index (χ3n) is 3.57. The summed E-state index contributed by atoms with van der Waals surface area (Å²) in [7, 11) is 4.36. The van der Waals surface area contributed by atoms with Crippen molar-refractivity contribution in [3.8, 4) is 0 Å². The van der Waals surface area contributed by atoms with Crippen LogP contribution in [-0.2, 0) is 4.74 Å². The molecule has 0 aromatic rings. The van der Waals surface area contributed by atoms with Gasteiger partial charge < -0.3 is 15.0 Å². The normalized spacial score (nSPS) is 31.5. The lowest BCUT2D eigenvalue weighted by Gasteiger charge is -2.43. The van der Waals surface area contributed by atoms with E-state index in [-0.39, 0.29) is 0 Å². The minimum atomic E-state index is 0.407. The Kier molecular flexibility index (Phi) is 3.42. The molecule has 1 aliphatic carbocycles. The number of nitrogens with zero attached hydrogens (tertiary/aromatic N) is 1. The zero-order chi connectivity index (χ0) is 9.97. The van der Waals surface area contributed by atoms with Gasteiger partial charge in [0.15, 0.2) is 0 Å². The Morgan fingerprint density at radius 1 is 1.36 bits per heavy atom. The highest BCUT2D eigenvalue weighted by Gasteiger charge is 2.35. The van der Waals surface area contributed by atoms with E-state index in [1.54, 1.807) is 0 Å². The number of ether oxygens (including phenoxy) is 1. The summed E-state index contributed by atoms with van der Waals surface area (Å²) in [4.78, 5) is 2.35. The summed E-state index contributed by atoms with van der Waals surface area (Å²) < 4.78 is 5.85. The van der Waals surface area contributed by atoms with Gasteiger partial charge in [-0.2, -0.15) is 0 Å². The van der Waals surface area contributed by atoms with Crippen LogP contribution in [0.2, 0.25) is 0 Å². The standard InChI is InChI=1S/C11H22N2O/c1-13(2)11(9-4-3-5-9)10-8-12-6-7-14-10/h9-12H,3-8H2,1-2H3. The van der Waals surface area contributed by atoms with E-state index in [0.29, 0.717) is 12.1 Å². The first-order chi connectivity index (χ1) is 6.79. The summed E-state index contributed by atoms with van der Waals surface area (Å²) >= 11 is 0. The lowest BCUT2D eigenvalue weighted by Crippen LogP contribution is -2.54. The molecule has 1 saturated heterocycles. The van der Waals surface area contributed by atoms with Crippen LogP contribution in [0.25, 0.3) is 0 Å². The highest BCUT2D eigenvalue weighted by atomic mass is 16.5. The van der Waals surface area contributed by atoms with Crippen molar-refractivity contribution in [1.82, 2.24) is 10.2 Å². The number of nitrogens with one attached hydrogen (secondary N) is 1. The number of hydrogen-bond donors (Lipinski definition) is 1. The Morgan fingerprint density at radius 2 is 2.14 bits per heavy atom. The molecule has 0 spiro atoms. The molecule has 0 aromatic heterocycles. The Balaban J connectivity index is 1.93. The van der Waals surface area contributed by atoms with Crippen LogP contribution >= 0.6 is 0 Å². The zero-order valence-electron chi connectivity index (χ0n) is 9.33. The smallest absolute Gasteiger partial charge is 0.0857 e. The highest BCUT2D eigenvalue weighted by Crippen LogP contribution is 2.33. The van der Waals surface area contributed by atoms with Crippen molar-refractivity contribution >= 4 is 0 Å². The van der Waals surface area contributed by atoms with E-state index < -0.39 is 0 Å². The van der Waals surface area contributed by atoms with Gasteiger partial charge in [-0.15, -0.1) is 0 Å². The van der Waals surface area contributed by atoms with Crippen LogP contribution in [0.5, 0.6) is 0 Å². The van der Waals surface area contributed by atoms with E-state index >= 15 is 0 Å². The maximum Gasteiger partial charge on any atom is 0.0857 e. The minimum absolute atomic E-state index is 0.407. The molecular formula is C11H22N2O. The molecule has 82 valence electrons. The molecule has 3 heteroatoms. The van der Waals surface area contributed by atoms with Crippen LogP contribution < -0.4 is 5.32 Å². The predicted octanol–water partition coefficient (Wildman–Crippen LogP) is 0.705. The van der Waals surface area contributed by atoms with Gasteiger partial charge in [-0.05, 0) is 32.9 Å². The Labute approximate surface area is 86.8 Å².